The Morgan fingerprint density at radius 3 is 2.74 bits per heavy atom. The van der Waals surface area contributed by atoms with Gasteiger partial charge in [-0.2, -0.15) is 5.26 Å². The number of hydrogen-bond donors (Lipinski definition) is 1. The predicted molar refractivity (Wildman–Crippen MR) is 74.5 cm³/mol. The lowest BCUT2D eigenvalue weighted by molar-refractivity contribution is 0.317. The molecule has 0 bridgehead atoms. The number of benzene rings is 1. The third-order valence-corrected chi connectivity index (χ3v) is 2.52. The molecule has 0 saturated carbocycles. The fraction of sp³-hybridized carbons (Fsp3) is 0.200. The van der Waals surface area contributed by atoms with Crippen LogP contribution in [0.15, 0.2) is 42.6 Å². The zero-order valence-corrected chi connectivity index (χ0v) is 10.8. The van der Waals surface area contributed by atoms with Gasteiger partial charge in [0.2, 0.25) is 0 Å². The van der Waals surface area contributed by atoms with Gasteiger partial charge in [-0.1, -0.05) is 6.92 Å². The number of nitrogens with zero attached hydrogens (tertiary/aromatic N) is 2. The third kappa shape index (κ3) is 3.46. The molecule has 0 aliphatic rings. The molecular weight excluding hydrogens is 238 g/mol. The smallest absolute Gasteiger partial charge is 0.163 e. The molecule has 1 heterocycles. The Hall–Kier alpha value is -2.54. The van der Waals surface area contributed by atoms with E-state index in [0.29, 0.717) is 18.0 Å². The average molecular weight is 253 g/mol. The number of rotatable bonds is 5. The first-order valence-corrected chi connectivity index (χ1v) is 6.18. The van der Waals surface area contributed by atoms with Crippen LogP contribution in [0.25, 0.3) is 0 Å². The zero-order valence-electron chi connectivity index (χ0n) is 10.8. The Morgan fingerprint density at radius 2 is 2.05 bits per heavy atom. The highest BCUT2D eigenvalue weighted by atomic mass is 16.5. The summed E-state index contributed by atoms with van der Waals surface area (Å²) in [6.45, 7) is 2.79. The highest BCUT2D eigenvalue weighted by Gasteiger charge is 2.02. The molecule has 0 aliphatic carbocycles. The number of hydrogen-bond acceptors (Lipinski definition) is 4. The summed E-state index contributed by atoms with van der Waals surface area (Å²) in [5.74, 6) is 0.846. The first kappa shape index (κ1) is 12.9. The van der Waals surface area contributed by atoms with E-state index in [4.69, 9.17) is 10.00 Å². The molecule has 0 radical (unpaired) electrons. The van der Waals surface area contributed by atoms with Crippen LogP contribution in [-0.2, 0) is 0 Å². The van der Waals surface area contributed by atoms with Crippen molar-refractivity contribution in [1.29, 1.82) is 5.26 Å². The summed E-state index contributed by atoms with van der Waals surface area (Å²) in [7, 11) is 0. The van der Waals surface area contributed by atoms with E-state index in [2.05, 4.69) is 23.3 Å². The molecule has 0 aliphatic heterocycles. The minimum absolute atomic E-state index is 0.383. The quantitative estimate of drug-likeness (QED) is 0.886. The van der Waals surface area contributed by atoms with Crippen LogP contribution in [0.1, 0.15) is 19.0 Å². The number of nitrogens with one attached hydrogen (secondary N) is 1. The van der Waals surface area contributed by atoms with Gasteiger partial charge in [0.1, 0.15) is 11.8 Å². The SMILES string of the molecule is CCCOc1ccc(Nc2cccnc2C#N)cc1. The van der Waals surface area contributed by atoms with Gasteiger partial charge in [0.05, 0.1) is 12.3 Å². The fourth-order valence-corrected chi connectivity index (χ4v) is 1.61. The van der Waals surface area contributed by atoms with Gasteiger partial charge in [-0.15, -0.1) is 0 Å². The molecule has 96 valence electrons. The van der Waals surface area contributed by atoms with E-state index in [1.54, 1.807) is 12.3 Å². The number of anilines is 2. The van der Waals surface area contributed by atoms with Crippen LogP contribution in [0.3, 0.4) is 0 Å². The molecule has 0 unspecified atom stereocenters. The van der Waals surface area contributed by atoms with Crippen molar-refractivity contribution in [3.05, 3.63) is 48.3 Å². The average Bonchev–Trinajstić information content (AvgIpc) is 2.47. The number of nitriles is 1. The standard InChI is InChI=1S/C15H15N3O/c1-2-10-19-13-7-5-12(6-8-13)18-14-4-3-9-17-15(14)11-16/h3-9,18H,2,10H2,1H3. The van der Waals surface area contributed by atoms with Gasteiger partial charge in [-0.25, -0.2) is 4.98 Å². The second-order valence-electron chi connectivity index (χ2n) is 4.01. The Morgan fingerprint density at radius 1 is 1.26 bits per heavy atom. The largest absolute Gasteiger partial charge is 0.494 e. The summed E-state index contributed by atoms with van der Waals surface area (Å²) in [6.07, 6.45) is 2.59. The van der Waals surface area contributed by atoms with E-state index in [9.17, 15) is 0 Å². The molecule has 2 rings (SSSR count). The molecule has 1 N–H and O–H groups in total. The molecule has 0 saturated heterocycles. The van der Waals surface area contributed by atoms with Crippen molar-refractivity contribution in [2.75, 3.05) is 11.9 Å². The van der Waals surface area contributed by atoms with Crippen molar-refractivity contribution >= 4 is 11.4 Å². The summed E-state index contributed by atoms with van der Waals surface area (Å²) in [4.78, 5) is 4.00. The van der Waals surface area contributed by atoms with E-state index in [0.717, 1.165) is 17.9 Å². The lowest BCUT2D eigenvalue weighted by atomic mass is 10.2. The van der Waals surface area contributed by atoms with E-state index in [-0.39, 0.29) is 0 Å². The Balaban J connectivity index is 2.09. The summed E-state index contributed by atoms with van der Waals surface area (Å²) >= 11 is 0. The van der Waals surface area contributed by atoms with E-state index in [1.165, 1.54) is 0 Å². The topological polar surface area (TPSA) is 57.9 Å². The van der Waals surface area contributed by atoms with Crippen LogP contribution in [-0.4, -0.2) is 11.6 Å². The first-order chi connectivity index (χ1) is 9.33. The van der Waals surface area contributed by atoms with Gasteiger partial charge < -0.3 is 10.1 Å². The summed E-state index contributed by atoms with van der Waals surface area (Å²) in [6, 6.07) is 13.3. The van der Waals surface area contributed by atoms with Crippen molar-refractivity contribution in [3.8, 4) is 11.8 Å². The summed E-state index contributed by atoms with van der Waals surface area (Å²) in [5.41, 5.74) is 1.98. The van der Waals surface area contributed by atoms with E-state index in [1.807, 2.05) is 30.3 Å². The fourth-order valence-electron chi connectivity index (χ4n) is 1.61. The van der Waals surface area contributed by atoms with Crippen LogP contribution in [0.5, 0.6) is 5.75 Å². The van der Waals surface area contributed by atoms with Crippen LogP contribution >= 0.6 is 0 Å². The monoisotopic (exact) mass is 253 g/mol. The van der Waals surface area contributed by atoms with Gasteiger partial charge in [0.25, 0.3) is 0 Å². The molecular formula is C15H15N3O. The molecule has 1 aromatic heterocycles. The number of aromatic nitrogens is 1. The molecule has 19 heavy (non-hydrogen) atoms. The second kappa shape index (κ2) is 6.41. The Labute approximate surface area is 112 Å². The third-order valence-electron chi connectivity index (χ3n) is 2.52. The maximum Gasteiger partial charge on any atom is 0.163 e. The summed E-state index contributed by atoms with van der Waals surface area (Å²) in [5, 5.41) is 12.1. The molecule has 0 fully saturated rings. The van der Waals surface area contributed by atoms with Crippen LogP contribution < -0.4 is 10.1 Å². The molecule has 4 heteroatoms. The molecule has 1 aromatic carbocycles. The number of pyridine rings is 1. The first-order valence-electron chi connectivity index (χ1n) is 6.18. The van der Waals surface area contributed by atoms with Gasteiger partial charge >= 0.3 is 0 Å². The molecule has 2 aromatic rings. The highest BCUT2D eigenvalue weighted by molar-refractivity contribution is 5.64. The minimum atomic E-state index is 0.383. The molecule has 0 amide bonds. The maximum atomic E-state index is 8.97. The van der Waals surface area contributed by atoms with Crippen LogP contribution in [0, 0.1) is 11.3 Å². The van der Waals surface area contributed by atoms with Crippen molar-refractivity contribution in [3.63, 3.8) is 0 Å². The minimum Gasteiger partial charge on any atom is -0.494 e. The molecule has 4 nitrogen and oxygen atoms in total. The van der Waals surface area contributed by atoms with Gasteiger partial charge in [0.15, 0.2) is 5.69 Å². The zero-order chi connectivity index (χ0) is 13.5. The molecule has 0 atom stereocenters. The van der Waals surface area contributed by atoms with Crippen molar-refractivity contribution in [2.24, 2.45) is 0 Å². The molecule has 0 spiro atoms. The lowest BCUT2D eigenvalue weighted by Gasteiger charge is -2.09. The van der Waals surface area contributed by atoms with E-state index < -0.39 is 0 Å². The van der Waals surface area contributed by atoms with Crippen LogP contribution in [0.4, 0.5) is 11.4 Å². The van der Waals surface area contributed by atoms with Gasteiger partial charge in [0, 0.05) is 11.9 Å². The van der Waals surface area contributed by atoms with Gasteiger partial charge in [-0.3, -0.25) is 0 Å². The van der Waals surface area contributed by atoms with Crippen LogP contribution in [0.2, 0.25) is 0 Å². The normalized spacial score (nSPS) is 9.68. The van der Waals surface area contributed by atoms with Crippen molar-refractivity contribution in [2.45, 2.75) is 13.3 Å². The predicted octanol–water partition coefficient (Wildman–Crippen LogP) is 3.49. The maximum absolute atomic E-state index is 8.97. The lowest BCUT2D eigenvalue weighted by Crippen LogP contribution is -1.97. The number of ether oxygens (including phenoxy) is 1. The second-order valence-corrected chi connectivity index (χ2v) is 4.01. The van der Waals surface area contributed by atoms with E-state index >= 15 is 0 Å². The highest BCUT2D eigenvalue weighted by Crippen LogP contribution is 2.21. The van der Waals surface area contributed by atoms with Crippen molar-refractivity contribution in [1.82, 2.24) is 4.98 Å². The van der Waals surface area contributed by atoms with Crippen molar-refractivity contribution < 1.29 is 4.74 Å². The Kier molecular flexibility index (Phi) is 4.35. The summed E-state index contributed by atoms with van der Waals surface area (Å²) < 4.78 is 5.51. The Bertz CT molecular complexity index is 573. The van der Waals surface area contributed by atoms with Gasteiger partial charge in [-0.05, 0) is 42.8 Å².